The Labute approximate surface area is 189 Å². The molecular formula is C24H33FN6O. The molecular weight excluding hydrogens is 407 g/mol. The third-order valence-electron chi connectivity index (χ3n) is 5.79. The number of nitrogens with zero attached hydrogens (tertiary/aromatic N) is 3. The second-order valence-electron chi connectivity index (χ2n) is 7.91. The van der Waals surface area contributed by atoms with Crippen LogP contribution in [0, 0.1) is 5.82 Å². The first-order valence-electron chi connectivity index (χ1n) is 11.0. The predicted molar refractivity (Wildman–Crippen MR) is 126 cm³/mol. The molecule has 0 spiro atoms. The fourth-order valence-corrected chi connectivity index (χ4v) is 3.98. The van der Waals surface area contributed by atoms with Crippen molar-refractivity contribution in [1.29, 1.82) is 0 Å². The highest BCUT2D eigenvalue weighted by atomic mass is 19.1. The van der Waals surface area contributed by atoms with Crippen LogP contribution in [0.15, 0.2) is 66.3 Å². The Hall–Kier alpha value is -2.94. The lowest BCUT2D eigenvalue weighted by Crippen LogP contribution is -2.34. The van der Waals surface area contributed by atoms with E-state index in [-0.39, 0.29) is 11.7 Å². The number of hydrogen-bond acceptors (Lipinski definition) is 6. The Kier molecular flexibility index (Phi) is 8.21. The second kappa shape index (κ2) is 11.1. The molecule has 1 aromatic rings. The quantitative estimate of drug-likeness (QED) is 0.507. The largest absolute Gasteiger partial charge is 0.404 e. The van der Waals surface area contributed by atoms with Gasteiger partial charge in [-0.3, -0.25) is 14.6 Å². The lowest BCUT2D eigenvalue weighted by atomic mass is 9.99. The molecule has 2 heterocycles. The summed E-state index contributed by atoms with van der Waals surface area (Å²) >= 11 is 0. The van der Waals surface area contributed by atoms with E-state index >= 15 is 0 Å². The number of nitrogens with two attached hydrogens (primary N) is 3. The summed E-state index contributed by atoms with van der Waals surface area (Å²) in [6.07, 6.45) is 7.60. The molecule has 7 nitrogen and oxygen atoms in total. The Morgan fingerprint density at radius 3 is 2.41 bits per heavy atom. The van der Waals surface area contributed by atoms with Gasteiger partial charge in [0, 0.05) is 32.0 Å². The number of benzene rings is 1. The Morgan fingerprint density at radius 1 is 1.12 bits per heavy atom. The molecule has 6 N–H and O–H groups in total. The van der Waals surface area contributed by atoms with Gasteiger partial charge in [0.05, 0.1) is 11.3 Å². The molecule has 0 radical (unpaired) electrons. The molecule has 172 valence electrons. The molecule has 0 bridgehead atoms. The molecule has 0 unspecified atom stereocenters. The van der Waals surface area contributed by atoms with Crippen LogP contribution in [-0.4, -0.2) is 59.9 Å². The molecule has 0 aliphatic carbocycles. The summed E-state index contributed by atoms with van der Waals surface area (Å²) < 4.78 is 13.4. The van der Waals surface area contributed by atoms with Crippen molar-refractivity contribution >= 4 is 11.6 Å². The number of carbonyl (C=O) groups excluding carboxylic acids is 1. The van der Waals surface area contributed by atoms with Crippen LogP contribution in [0.5, 0.6) is 0 Å². The lowest BCUT2D eigenvalue weighted by molar-refractivity contribution is -0.123. The van der Waals surface area contributed by atoms with Crippen molar-refractivity contribution in [2.24, 2.45) is 17.2 Å². The van der Waals surface area contributed by atoms with Crippen molar-refractivity contribution in [3.05, 3.63) is 77.7 Å². The van der Waals surface area contributed by atoms with Gasteiger partial charge in [-0.25, -0.2) is 4.39 Å². The average molecular weight is 441 g/mol. The predicted octanol–water partition coefficient (Wildman–Crippen LogP) is 1.91. The van der Waals surface area contributed by atoms with Gasteiger partial charge < -0.3 is 22.1 Å². The van der Waals surface area contributed by atoms with E-state index in [2.05, 4.69) is 17.6 Å². The topological polar surface area (TPSA) is 105 Å². The monoisotopic (exact) mass is 440 g/mol. The lowest BCUT2D eigenvalue weighted by Gasteiger charge is -2.28. The first-order chi connectivity index (χ1) is 15.5. The molecule has 0 saturated heterocycles. The van der Waals surface area contributed by atoms with E-state index in [1.807, 2.05) is 4.90 Å². The maximum absolute atomic E-state index is 13.5. The van der Waals surface area contributed by atoms with Crippen LogP contribution in [0.1, 0.15) is 24.8 Å². The normalized spacial score (nSPS) is 17.6. The van der Waals surface area contributed by atoms with Gasteiger partial charge in [-0.1, -0.05) is 12.7 Å². The minimum Gasteiger partial charge on any atom is -0.404 e. The summed E-state index contributed by atoms with van der Waals surface area (Å²) in [6.45, 7) is 8.49. The van der Waals surface area contributed by atoms with E-state index in [4.69, 9.17) is 17.2 Å². The third kappa shape index (κ3) is 5.27. The first kappa shape index (κ1) is 23.7. The van der Waals surface area contributed by atoms with Gasteiger partial charge in [0.25, 0.3) is 5.91 Å². The van der Waals surface area contributed by atoms with Gasteiger partial charge in [0.2, 0.25) is 0 Å². The maximum atomic E-state index is 13.5. The summed E-state index contributed by atoms with van der Waals surface area (Å²) in [5.74, 6) is -0.0113. The van der Waals surface area contributed by atoms with Crippen LogP contribution in [-0.2, 0) is 4.79 Å². The number of amides is 1. The molecule has 2 aliphatic heterocycles. The standard InChI is InChI=1S/C24H33FN6O/c1-18-30(13-3-11-27)23(20-4-6-21(25)7-5-20)17-31(18)24(32)22(16-28)19-8-14-29(15-9-19)12-2-10-26/h4-8,16-17H,1-3,9-15,26-28H2/b22-16-. The van der Waals surface area contributed by atoms with Crippen LogP contribution >= 0.6 is 0 Å². The molecule has 32 heavy (non-hydrogen) atoms. The minimum atomic E-state index is -0.314. The number of hydrogen-bond donors (Lipinski definition) is 3. The Morgan fingerprint density at radius 2 is 1.81 bits per heavy atom. The molecule has 2 aliphatic rings. The van der Waals surface area contributed by atoms with Crippen molar-refractivity contribution in [1.82, 2.24) is 14.7 Å². The molecule has 8 heteroatoms. The molecule has 0 saturated carbocycles. The fourth-order valence-electron chi connectivity index (χ4n) is 3.98. The summed E-state index contributed by atoms with van der Waals surface area (Å²) in [7, 11) is 0. The van der Waals surface area contributed by atoms with Crippen molar-refractivity contribution in [2.45, 2.75) is 19.3 Å². The van der Waals surface area contributed by atoms with Crippen molar-refractivity contribution in [2.75, 3.05) is 39.3 Å². The zero-order chi connectivity index (χ0) is 23.1. The number of rotatable bonds is 9. The van der Waals surface area contributed by atoms with E-state index in [9.17, 15) is 9.18 Å². The van der Waals surface area contributed by atoms with Crippen molar-refractivity contribution < 1.29 is 9.18 Å². The van der Waals surface area contributed by atoms with Gasteiger partial charge in [-0.15, -0.1) is 0 Å². The Bertz CT molecular complexity index is 921. The molecule has 1 amide bonds. The van der Waals surface area contributed by atoms with Gasteiger partial charge in [-0.2, -0.15) is 0 Å². The van der Waals surface area contributed by atoms with E-state index in [0.717, 1.165) is 55.7 Å². The van der Waals surface area contributed by atoms with Gasteiger partial charge >= 0.3 is 0 Å². The SMILES string of the molecule is C=C1N(C(=O)/C(=C\N)C2=CCN(CCCN)CC2)C=C(c2ccc(F)cc2)N1CCCN. The van der Waals surface area contributed by atoms with Gasteiger partial charge in [0.1, 0.15) is 11.6 Å². The van der Waals surface area contributed by atoms with Crippen molar-refractivity contribution in [3.63, 3.8) is 0 Å². The zero-order valence-corrected chi connectivity index (χ0v) is 18.5. The zero-order valence-electron chi connectivity index (χ0n) is 18.5. The average Bonchev–Trinajstić information content (AvgIpc) is 3.14. The van der Waals surface area contributed by atoms with Gasteiger partial charge in [-0.05, 0) is 74.3 Å². The van der Waals surface area contributed by atoms with Crippen LogP contribution < -0.4 is 17.2 Å². The molecule has 3 rings (SSSR count). The van der Waals surface area contributed by atoms with Gasteiger partial charge in [0.15, 0.2) is 0 Å². The van der Waals surface area contributed by atoms with E-state index in [1.165, 1.54) is 23.2 Å². The smallest absolute Gasteiger partial charge is 0.265 e. The van der Waals surface area contributed by atoms with E-state index < -0.39 is 0 Å². The summed E-state index contributed by atoms with van der Waals surface area (Å²) in [4.78, 5) is 19.3. The highest BCUT2D eigenvalue weighted by Crippen LogP contribution is 2.34. The first-order valence-corrected chi connectivity index (χ1v) is 11.0. The van der Waals surface area contributed by atoms with Crippen LogP contribution in [0.3, 0.4) is 0 Å². The third-order valence-corrected chi connectivity index (χ3v) is 5.79. The number of halogens is 1. The molecule has 0 aromatic heterocycles. The summed E-state index contributed by atoms with van der Waals surface area (Å²) in [6, 6.07) is 6.19. The summed E-state index contributed by atoms with van der Waals surface area (Å²) in [5.41, 5.74) is 20.2. The molecule has 1 aromatic carbocycles. The highest BCUT2D eigenvalue weighted by molar-refractivity contribution is 6.00. The number of carbonyl (C=O) groups is 1. The van der Waals surface area contributed by atoms with E-state index in [1.54, 1.807) is 18.3 Å². The summed E-state index contributed by atoms with van der Waals surface area (Å²) in [5, 5.41) is 0. The highest BCUT2D eigenvalue weighted by Gasteiger charge is 2.32. The fraction of sp³-hybridized carbons (Fsp3) is 0.375. The molecule has 0 atom stereocenters. The Balaban J connectivity index is 1.83. The van der Waals surface area contributed by atoms with Crippen LogP contribution in [0.25, 0.3) is 5.70 Å². The maximum Gasteiger partial charge on any atom is 0.265 e. The van der Waals surface area contributed by atoms with E-state index in [0.29, 0.717) is 31.0 Å². The minimum absolute atomic E-state index is 0.228. The second-order valence-corrected chi connectivity index (χ2v) is 7.91. The van der Waals surface area contributed by atoms with Crippen LogP contribution in [0.2, 0.25) is 0 Å². The van der Waals surface area contributed by atoms with Crippen LogP contribution in [0.4, 0.5) is 4.39 Å². The van der Waals surface area contributed by atoms with Crippen molar-refractivity contribution in [3.8, 4) is 0 Å². The molecule has 0 fully saturated rings.